The van der Waals surface area contributed by atoms with Crippen molar-refractivity contribution in [2.24, 2.45) is 5.14 Å². The Hall–Kier alpha value is -2.45. The van der Waals surface area contributed by atoms with Crippen molar-refractivity contribution in [3.63, 3.8) is 0 Å². The van der Waals surface area contributed by atoms with E-state index in [1.807, 2.05) is 0 Å². The van der Waals surface area contributed by atoms with Gasteiger partial charge in [-0.05, 0) is 30.7 Å². The third-order valence-corrected chi connectivity index (χ3v) is 4.11. The highest BCUT2D eigenvalue weighted by atomic mass is 32.2. The first-order valence-electron chi connectivity index (χ1n) is 5.98. The lowest BCUT2D eigenvalue weighted by atomic mass is 10.2. The summed E-state index contributed by atoms with van der Waals surface area (Å²) >= 11 is 0. The second-order valence-electron chi connectivity index (χ2n) is 4.57. The molecule has 0 bridgehead atoms. The van der Waals surface area contributed by atoms with Gasteiger partial charge in [0.25, 0.3) is 5.91 Å². The Balaban J connectivity index is 2.21. The maximum absolute atomic E-state index is 12.1. The molecule has 108 valence electrons. The Morgan fingerprint density at radius 3 is 2.81 bits per heavy atom. The Morgan fingerprint density at radius 1 is 1.33 bits per heavy atom. The van der Waals surface area contributed by atoms with Crippen molar-refractivity contribution in [3.05, 3.63) is 41.6 Å². The summed E-state index contributed by atoms with van der Waals surface area (Å²) < 4.78 is 28.7. The predicted molar refractivity (Wildman–Crippen MR) is 74.8 cm³/mol. The number of carbonyl (C=O) groups excluding carboxylic acids is 1. The first kappa shape index (κ1) is 13.5. The van der Waals surface area contributed by atoms with Crippen LogP contribution >= 0.6 is 0 Å². The third-order valence-electron chi connectivity index (χ3n) is 3.05. The number of nitrogens with zero attached hydrogens (tertiary/aromatic N) is 1. The second kappa shape index (κ2) is 4.54. The van der Waals surface area contributed by atoms with Crippen LogP contribution in [0.2, 0.25) is 0 Å². The minimum atomic E-state index is -3.88. The van der Waals surface area contributed by atoms with Gasteiger partial charge in [-0.2, -0.15) is 0 Å². The van der Waals surface area contributed by atoms with Gasteiger partial charge >= 0.3 is 0 Å². The van der Waals surface area contributed by atoms with Gasteiger partial charge in [-0.15, -0.1) is 0 Å². The zero-order valence-electron chi connectivity index (χ0n) is 11.0. The summed E-state index contributed by atoms with van der Waals surface area (Å²) in [5, 5.41) is 7.82. The van der Waals surface area contributed by atoms with Crippen molar-refractivity contribution in [2.75, 3.05) is 5.32 Å². The number of aryl methyl sites for hydroxylation is 1. The van der Waals surface area contributed by atoms with Crippen LogP contribution in [0, 0.1) is 6.92 Å². The number of amides is 1. The molecule has 1 aliphatic heterocycles. The van der Waals surface area contributed by atoms with Gasteiger partial charge in [-0.3, -0.25) is 4.79 Å². The van der Waals surface area contributed by atoms with E-state index in [9.17, 15) is 13.2 Å². The lowest BCUT2D eigenvalue weighted by molar-refractivity contribution is 0.102. The Morgan fingerprint density at radius 2 is 2.10 bits per heavy atom. The van der Waals surface area contributed by atoms with Crippen LogP contribution in [0.15, 0.2) is 35.4 Å². The maximum atomic E-state index is 12.1. The standard InChI is InChI=1S/C13H11N3O4S/c1-7-5-9-10(6-11(7)21(14,18)19)20-13-8(12(17)16-9)3-2-4-15-13/h2-6H,1H3,(H,16,17)(H2,14,18,19). The van der Waals surface area contributed by atoms with Gasteiger partial charge < -0.3 is 10.1 Å². The number of hydrogen-bond acceptors (Lipinski definition) is 5. The van der Waals surface area contributed by atoms with Gasteiger partial charge in [0.2, 0.25) is 15.9 Å². The first-order valence-corrected chi connectivity index (χ1v) is 7.52. The number of hydrogen-bond donors (Lipinski definition) is 2. The molecule has 3 N–H and O–H groups in total. The summed E-state index contributed by atoms with van der Waals surface area (Å²) in [6, 6.07) is 5.96. The number of pyridine rings is 1. The van der Waals surface area contributed by atoms with Gasteiger partial charge in [0.1, 0.15) is 5.56 Å². The minimum absolute atomic E-state index is 0.0603. The third kappa shape index (κ3) is 2.34. The van der Waals surface area contributed by atoms with Crippen LogP contribution in [0.3, 0.4) is 0 Å². The summed E-state index contributed by atoms with van der Waals surface area (Å²) in [6.07, 6.45) is 1.48. The molecule has 2 aromatic rings. The molecule has 7 nitrogen and oxygen atoms in total. The Labute approximate surface area is 120 Å². The summed E-state index contributed by atoms with van der Waals surface area (Å²) in [6.45, 7) is 1.59. The number of nitrogens with two attached hydrogens (primary N) is 1. The highest BCUT2D eigenvalue weighted by Crippen LogP contribution is 2.37. The molecule has 0 saturated carbocycles. The molecule has 0 radical (unpaired) electrons. The van der Waals surface area contributed by atoms with E-state index >= 15 is 0 Å². The second-order valence-corrected chi connectivity index (χ2v) is 6.10. The highest BCUT2D eigenvalue weighted by molar-refractivity contribution is 7.89. The first-order chi connectivity index (χ1) is 9.86. The Kier molecular flexibility index (Phi) is 2.92. The van der Waals surface area contributed by atoms with E-state index in [-0.39, 0.29) is 28.0 Å². The number of rotatable bonds is 1. The fourth-order valence-electron chi connectivity index (χ4n) is 2.10. The molecule has 1 aliphatic rings. The highest BCUT2D eigenvalue weighted by Gasteiger charge is 2.24. The van der Waals surface area contributed by atoms with Gasteiger partial charge in [-0.25, -0.2) is 18.5 Å². The molecule has 0 saturated heterocycles. The van der Waals surface area contributed by atoms with Crippen LogP contribution in [-0.4, -0.2) is 19.3 Å². The minimum Gasteiger partial charge on any atom is -0.436 e. The maximum Gasteiger partial charge on any atom is 0.261 e. The van der Waals surface area contributed by atoms with E-state index in [0.717, 1.165) is 0 Å². The van der Waals surface area contributed by atoms with Crippen LogP contribution in [0.25, 0.3) is 0 Å². The van der Waals surface area contributed by atoms with Gasteiger partial charge in [-0.1, -0.05) is 0 Å². The molecule has 2 heterocycles. The quantitative estimate of drug-likeness (QED) is 0.827. The van der Waals surface area contributed by atoms with Gasteiger partial charge in [0, 0.05) is 12.3 Å². The molecule has 0 unspecified atom stereocenters. The number of primary sulfonamides is 1. The number of carbonyl (C=O) groups is 1. The van der Waals surface area contributed by atoms with Gasteiger partial charge in [0.05, 0.1) is 10.6 Å². The zero-order chi connectivity index (χ0) is 15.2. The van der Waals surface area contributed by atoms with E-state index in [1.165, 1.54) is 18.3 Å². The molecule has 0 aliphatic carbocycles. The number of ether oxygens (including phenoxy) is 1. The van der Waals surface area contributed by atoms with Crippen molar-refractivity contribution in [2.45, 2.75) is 11.8 Å². The van der Waals surface area contributed by atoms with E-state index in [0.29, 0.717) is 11.3 Å². The summed E-state index contributed by atoms with van der Waals surface area (Å²) in [4.78, 5) is 16.0. The molecule has 1 aromatic carbocycles. The van der Waals surface area contributed by atoms with Crippen LogP contribution in [-0.2, 0) is 10.0 Å². The number of anilines is 1. The summed E-state index contributed by atoms with van der Waals surface area (Å²) in [5.74, 6) is -0.0898. The molecule has 21 heavy (non-hydrogen) atoms. The molecule has 0 spiro atoms. The normalized spacial score (nSPS) is 13.5. The number of fused-ring (bicyclic) bond motifs is 2. The molecule has 0 fully saturated rings. The van der Waals surface area contributed by atoms with Crippen LogP contribution < -0.4 is 15.2 Å². The topological polar surface area (TPSA) is 111 Å². The summed E-state index contributed by atoms with van der Waals surface area (Å²) in [7, 11) is -3.88. The number of benzene rings is 1. The fraction of sp³-hybridized carbons (Fsp3) is 0.0769. The average molecular weight is 305 g/mol. The predicted octanol–water partition coefficient (Wildman–Crippen LogP) is 1.40. The van der Waals surface area contributed by atoms with Crippen molar-refractivity contribution >= 4 is 21.6 Å². The number of nitrogens with one attached hydrogen (secondary N) is 1. The van der Waals surface area contributed by atoms with Crippen molar-refractivity contribution in [1.29, 1.82) is 0 Å². The summed E-state index contributed by atoms with van der Waals surface area (Å²) in [5.41, 5.74) is 1.05. The van der Waals surface area contributed by atoms with E-state index < -0.39 is 10.0 Å². The van der Waals surface area contributed by atoms with Gasteiger partial charge in [0.15, 0.2) is 5.75 Å². The fourth-order valence-corrected chi connectivity index (χ4v) is 2.88. The molecule has 1 amide bonds. The lowest BCUT2D eigenvalue weighted by Gasteiger charge is -2.11. The monoisotopic (exact) mass is 305 g/mol. The van der Waals surface area contributed by atoms with Crippen LogP contribution in [0.4, 0.5) is 5.69 Å². The SMILES string of the molecule is Cc1cc2c(cc1S(N)(=O)=O)Oc1ncccc1C(=O)N2. The zero-order valence-corrected chi connectivity index (χ0v) is 11.8. The average Bonchev–Trinajstić information content (AvgIpc) is 2.53. The number of sulfonamides is 1. The molecular weight excluding hydrogens is 294 g/mol. The van der Waals surface area contributed by atoms with Crippen molar-refractivity contribution in [3.8, 4) is 11.6 Å². The van der Waals surface area contributed by atoms with Crippen LogP contribution in [0.1, 0.15) is 15.9 Å². The molecule has 0 atom stereocenters. The van der Waals surface area contributed by atoms with Crippen molar-refractivity contribution < 1.29 is 17.9 Å². The molecule has 3 rings (SSSR count). The smallest absolute Gasteiger partial charge is 0.261 e. The lowest BCUT2D eigenvalue weighted by Crippen LogP contribution is -2.14. The Bertz CT molecular complexity index is 862. The molecule has 8 heteroatoms. The molecular formula is C13H11N3O4S. The van der Waals surface area contributed by atoms with E-state index in [4.69, 9.17) is 9.88 Å². The van der Waals surface area contributed by atoms with E-state index in [2.05, 4.69) is 10.3 Å². The van der Waals surface area contributed by atoms with E-state index in [1.54, 1.807) is 19.1 Å². The molecule has 1 aromatic heterocycles. The van der Waals surface area contributed by atoms with Crippen molar-refractivity contribution in [1.82, 2.24) is 4.98 Å². The largest absolute Gasteiger partial charge is 0.436 e. The number of aromatic nitrogens is 1. The van der Waals surface area contributed by atoms with Crippen LogP contribution in [0.5, 0.6) is 11.6 Å².